The number of nitrogens with zero attached hydrogens (tertiary/aromatic N) is 1. The molecule has 1 heterocycles. The molecule has 1 aliphatic heterocycles. The highest BCUT2D eigenvalue weighted by atomic mass is 19.4. The van der Waals surface area contributed by atoms with Crippen molar-refractivity contribution in [3.63, 3.8) is 0 Å². The first-order valence-electron chi connectivity index (χ1n) is 8.64. The summed E-state index contributed by atoms with van der Waals surface area (Å²) in [6.07, 6.45) is -3.98. The van der Waals surface area contributed by atoms with Gasteiger partial charge >= 0.3 is 6.18 Å². The number of rotatable bonds is 4. The highest BCUT2D eigenvalue weighted by Crippen LogP contribution is 2.35. The molecule has 27 heavy (non-hydrogen) atoms. The van der Waals surface area contributed by atoms with E-state index in [0.29, 0.717) is 18.8 Å². The van der Waals surface area contributed by atoms with Crippen LogP contribution in [-0.2, 0) is 6.54 Å². The number of benzene rings is 2. The minimum Gasteiger partial charge on any atom is -0.372 e. The monoisotopic (exact) mass is 385 g/mol. The van der Waals surface area contributed by atoms with E-state index in [9.17, 15) is 22.0 Å². The van der Waals surface area contributed by atoms with Crippen molar-refractivity contribution in [1.29, 1.82) is 0 Å². The average molecular weight is 385 g/mol. The molecular weight excluding hydrogens is 365 g/mol. The van der Waals surface area contributed by atoms with Crippen LogP contribution in [0.2, 0.25) is 0 Å². The van der Waals surface area contributed by atoms with Crippen LogP contribution in [-0.4, -0.2) is 19.3 Å². The first kappa shape index (κ1) is 19.4. The van der Waals surface area contributed by atoms with Gasteiger partial charge in [-0.25, -0.2) is 8.78 Å². The Morgan fingerprint density at radius 1 is 0.963 bits per heavy atom. The van der Waals surface area contributed by atoms with E-state index in [-0.39, 0.29) is 30.6 Å². The summed E-state index contributed by atoms with van der Waals surface area (Å²) in [5, 5.41) is 2.91. The molecule has 8 heteroatoms. The smallest absolute Gasteiger partial charge is 0.372 e. The van der Waals surface area contributed by atoms with Gasteiger partial charge < -0.3 is 16.0 Å². The molecule has 1 saturated heterocycles. The summed E-state index contributed by atoms with van der Waals surface area (Å²) in [4.78, 5) is 1.90. The van der Waals surface area contributed by atoms with Gasteiger partial charge in [0.1, 0.15) is 11.6 Å². The summed E-state index contributed by atoms with van der Waals surface area (Å²) < 4.78 is 65.8. The minimum atomic E-state index is -4.14. The molecule has 0 radical (unpaired) electrons. The van der Waals surface area contributed by atoms with E-state index in [0.717, 1.165) is 5.69 Å². The molecule has 0 atom stereocenters. The molecule has 0 aromatic heterocycles. The van der Waals surface area contributed by atoms with Gasteiger partial charge in [-0.05, 0) is 49.2 Å². The van der Waals surface area contributed by atoms with Crippen molar-refractivity contribution in [1.82, 2.24) is 0 Å². The Morgan fingerprint density at radius 2 is 1.52 bits per heavy atom. The van der Waals surface area contributed by atoms with Gasteiger partial charge in [-0.15, -0.1) is 0 Å². The van der Waals surface area contributed by atoms with Crippen LogP contribution in [0.25, 0.3) is 0 Å². The topological polar surface area (TPSA) is 41.3 Å². The van der Waals surface area contributed by atoms with E-state index in [4.69, 9.17) is 5.73 Å². The average Bonchev–Trinajstić information content (AvgIpc) is 2.61. The number of alkyl halides is 3. The molecule has 1 aliphatic rings. The van der Waals surface area contributed by atoms with Crippen molar-refractivity contribution < 1.29 is 22.0 Å². The van der Waals surface area contributed by atoms with E-state index in [1.54, 1.807) is 24.3 Å². The number of hydrogen-bond donors (Lipinski definition) is 2. The fourth-order valence-electron chi connectivity index (χ4n) is 3.26. The first-order valence-corrected chi connectivity index (χ1v) is 8.64. The molecule has 0 unspecified atom stereocenters. The lowest BCUT2D eigenvalue weighted by molar-refractivity contribution is -0.179. The third-order valence-electron chi connectivity index (χ3n) is 4.82. The van der Waals surface area contributed by atoms with Crippen LogP contribution in [0, 0.1) is 17.6 Å². The summed E-state index contributed by atoms with van der Waals surface area (Å²) in [6.45, 7) is 0.458. The van der Waals surface area contributed by atoms with Crippen molar-refractivity contribution >= 4 is 17.1 Å². The zero-order valence-electron chi connectivity index (χ0n) is 14.5. The van der Waals surface area contributed by atoms with Crippen LogP contribution >= 0.6 is 0 Å². The SMILES string of the molecule is NCc1c(F)cc(Nc2ccc(N3CCC(C(F)(F)F)CC3)cc2)cc1F. The number of anilines is 3. The van der Waals surface area contributed by atoms with E-state index < -0.39 is 23.7 Å². The number of piperidine rings is 1. The summed E-state index contributed by atoms with van der Waals surface area (Å²) in [6, 6.07) is 9.33. The molecule has 0 aliphatic carbocycles. The lowest BCUT2D eigenvalue weighted by Crippen LogP contribution is -2.38. The molecule has 3 nitrogen and oxygen atoms in total. The predicted octanol–water partition coefficient (Wildman–Crippen LogP) is 4.95. The molecule has 3 rings (SSSR count). The Labute approximate surface area is 154 Å². The van der Waals surface area contributed by atoms with Crippen molar-refractivity contribution in [2.24, 2.45) is 11.7 Å². The van der Waals surface area contributed by atoms with Gasteiger partial charge in [0, 0.05) is 42.3 Å². The molecule has 2 aromatic rings. The summed E-state index contributed by atoms with van der Waals surface area (Å²) in [7, 11) is 0. The maximum Gasteiger partial charge on any atom is 0.391 e. The van der Waals surface area contributed by atoms with E-state index in [1.165, 1.54) is 12.1 Å². The first-order chi connectivity index (χ1) is 12.8. The van der Waals surface area contributed by atoms with Gasteiger partial charge in [0.25, 0.3) is 0 Å². The summed E-state index contributed by atoms with van der Waals surface area (Å²) >= 11 is 0. The third-order valence-corrected chi connectivity index (χ3v) is 4.82. The molecular formula is C19H20F5N3. The maximum atomic E-state index is 13.8. The van der Waals surface area contributed by atoms with Crippen LogP contribution in [0.4, 0.5) is 39.0 Å². The predicted molar refractivity (Wildman–Crippen MR) is 95.0 cm³/mol. The number of hydrogen-bond acceptors (Lipinski definition) is 3. The second-order valence-corrected chi connectivity index (χ2v) is 6.60. The number of halogens is 5. The Hall–Kier alpha value is -2.35. The van der Waals surface area contributed by atoms with Gasteiger partial charge in [0.05, 0.1) is 5.92 Å². The highest BCUT2D eigenvalue weighted by Gasteiger charge is 2.41. The summed E-state index contributed by atoms with van der Waals surface area (Å²) in [5.41, 5.74) is 6.82. The molecule has 146 valence electrons. The second-order valence-electron chi connectivity index (χ2n) is 6.60. The minimum absolute atomic E-state index is 0.0789. The molecule has 1 fully saturated rings. The van der Waals surface area contributed by atoms with Crippen LogP contribution in [0.5, 0.6) is 0 Å². The van der Waals surface area contributed by atoms with Gasteiger partial charge in [-0.2, -0.15) is 13.2 Å². The number of nitrogens with two attached hydrogens (primary N) is 1. The van der Waals surface area contributed by atoms with Gasteiger partial charge in [0.15, 0.2) is 0 Å². The lowest BCUT2D eigenvalue weighted by Gasteiger charge is -2.34. The Bertz CT molecular complexity index is 758. The summed E-state index contributed by atoms with van der Waals surface area (Å²) in [5.74, 6) is -2.68. The van der Waals surface area contributed by atoms with Crippen LogP contribution in [0.3, 0.4) is 0 Å². The molecule has 2 aromatic carbocycles. The largest absolute Gasteiger partial charge is 0.391 e. The quantitative estimate of drug-likeness (QED) is 0.732. The lowest BCUT2D eigenvalue weighted by atomic mass is 9.96. The van der Waals surface area contributed by atoms with Crippen molar-refractivity contribution in [2.75, 3.05) is 23.3 Å². The molecule has 3 N–H and O–H groups in total. The van der Waals surface area contributed by atoms with Gasteiger partial charge in [0.2, 0.25) is 0 Å². The Balaban J connectivity index is 1.65. The molecule has 0 spiro atoms. The molecule has 0 saturated carbocycles. The normalized spacial score (nSPS) is 15.9. The zero-order valence-corrected chi connectivity index (χ0v) is 14.5. The number of nitrogens with one attached hydrogen (secondary N) is 1. The van der Waals surface area contributed by atoms with Gasteiger partial charge in [-0.3, -0.25) is 0 Å². The Kier molecular flexibility index (Phi) is 5.55. The van der Waals surface area contributed by atoms with E-state index in [2.05, 4.69) is 5.32 Å². The molecule has 0 amide bonds. The van der Waals surface area contributed by atoms with E-state index in [1.807, 2.05) is 4.90 Å². The van der Waals surface area contributed by atoms with Crippen molar-refractivity contribution in [3.8, 4) is 0 Å². The maximum absolute atomic E-state index is 13.8. The standard InChI is InChI=1S/C19H20F5N3/c20-17-9-14(10-18(21)16(17)11-25)26-13-1-3-15(4-2-13)27-7-5-12(6-8-27)19(22,23)24/h1-4,9-10,12,26H,5-8,11,25H2. The third kappa shape index (κ3) is 4.50. The van der Waals surface area contributed by atoms with Crippen LogP contribution in [0.15, 0.2) is 36.4 Å². The highest BCUT2D eigenvalue weighted by molar-refractivity contribution is 5.63. The van der Waals surface area contributed by atoms with Crippen molar-refractivity contribution in [2.45, 2.75) is 25.6 Å². The van der Waals surface area contributed by atoms with Crippen molar-refractivity contribution in [3.05, 3.63) is 53.6 Å². The fraction of sp³-hybridized carbons (Fsp3) is 0.368. The van der Waals surface area contributed by atoms with Crippen LogP contribution < -0.4 is 16.0 Å². The van der Waals surface area contributed by atoms with Gasteiger partial charge in [-0.1, -0.05) is 0 Å². The van der Waals surface area contributed by atoms with E-state index >= 15 is 0 Å². The zero-order chi connectivity index (χ0) is 19.6. The molecule has 0 bridgehead atoms. The Morgan fingerprint density at radius 3 is 2.00 bits per heavy atom. The second kappa shape index (κ2) is 7.72. The van der Waals surface area contributed by atoms with Crippen LogP contribution in [0.1, 0.15) is 18.4 Å². The fourth-order valence-corrected chi connectivity index (χ4v) is 3.26.